The summed E-state index contributed by atoms with van der Waals surface area (Å²) in [6, 6.07) is 14.2. The van der Waals surface area contributed by atoms with Gasteiger partial charge in [0.05, 0.1) is 5.69 Å². The normalized spacial score (nSPS) is 10.8. The van der Waals surface area contributed by atoms with E-state index in [1.54, 1.807) is 12.1 Å². The Labute approximate surface area is 184 Å². The van der Waals surface area contributed by atoms with Gasteiger partial charge >= 0.3 is 5.97 Å². The molecule has 0 aliphatic carbocycles. The average molecular weight is 432 g/mol. The number of anilines is 1. The van der Waals surface area contributed by atoms with Crippen LogP contribution in [0.25, 0.3) is 17.8 Å². The van der Waals surface area contributed by atoms with E-state index in [9.17, 15) is 24.3 Å². The summed E-state index contributed by atoms with van der Waals surface area (Å²) in [6.07, 6.45) is 3.02. The summed E-state index contributed by atoms with van der Waals surface area (Å²) >= 11 is 0. The summed E-state index contributed by atoms with van der Waals surface area (Å²) in [5.74, 6) is -1.92. The van der Waals surface area contributed by atoms with Gasteiger partial charge in [-0.2, -0.15) is 15.0 Å². The van der Waals surface area contributed by atoms with Gasteiger partial charge in [0, 0.05) is 24.3 Å². The molecule has 1 aromatic heterocycles. The van der Waals surface area contributed by atoms with Crippen molar-refractivity contribution in [2.24, 2.45) is 0 Å². The van der Waals surface area contributed by atoms with Crippen molar-refractivity contribution in [2.75, 3.05) is 18.0 Å². The van der Waals surface area contributed by atoms with Crippen LogP contribution in [-0.4, -0.2) is 33.9 Å². The fourth-order valence-corrected chi connectivity index (χ4v) is 3.29. The molecule has 0 unspecified atom stereocenters. The van der Waals surface area contributed by atoms with Gasteiger partial charge < -0.3 is 10.0 Å². The number of hydrogen-bond acceptors (Lipinski definition) is 5. The minimum absolute atomic E-state index is 0.0869. The van der Waals surface area contributed by atoms with Crippen LogP contribution in [0.2, 0.25) is 0 Å². The molecule has 0 aliphatic rings. The Morgan fingerprint density at radius 1 is 1.12 bits per heavy atom. The molecule has 3 aromatic rings. The number of rotatable bonds is 7. The molecule has 3 rings (SSSR count). The van der Waals surface area contributed by atoms with E-state index in [1.807, 2.05) is 24.3 Å². The molecule has 0 amide bonds. The van der Waals surface area contributed by atoms with Gasteiger partial charge in [0.15, 0.2) is 5.69 Å². The van der Waals surface area contributed by atoms with Crippen LogP contribution < -0.4 is 10.5 Å². The van der Waals surface area contributed by atoms with Crippen molar-refractivity contribution in [1.82, 2.24) is 9.78 Å². The van der Waals surface area contributed by atoms with Crippen molar-refractivity contribution in [1.29, 1.82) is 5.26 Å². The minimum atomic E-state index is -1.39. The predicted molar refractivity (Wildman–Crippen MR) is 120 cm³/mol. The summed E-state index contributed by atoms with van der Waals surface area (Å²) < 4.78 is 14.0. The fourth-order valence-electron chi connectivity index (χ4n) is 3.29. The van der Waals surface area contributed by atoms with Gasteiger partial charge in [0.25, 0.3) is 5.56 Å². The van der Waals surface area contributed by atoms with Gasteiger partial charge in [-0.15, -0.1) is 0 Å². The maximum Gasteiger partial charge on any atom is 0.357 e. The van der Waals surface area contributed by atoms with Crippen molar-refractivity contribution >= 4 is 23.8 Å². The largest absolute Gasteiger partial charge is 0.476 e. The van der Waals surface area contributed by atoms with Crippen LogP contribution in [0.3, 0.4) is 0 Å². The fraction of sp³-hybridized carbons (Fsp3) is 0.167. The summed E-state index contributed by atoms with van der Waals surface area (Å²) in [7, 11) is 0. The number of aromatic nitrogens is 2. The van der Waals surface area contributed by atoms with Crippen LogP contribution in [0.1, 0.15) is 41.0 Å². The average Bonchev–Trinajstić information content (AvgIpc) is 2.80. The Kier molecular flexibility index (Phi) is 6.80. The molecule has 1 heterocycles. The number of hydrogen-bond donors (Lipinski definition) is 1. The number of nitriles is 1. The lowest BCUT2D eigenvalue weighted by Gasteiger charge is -2.20. The van der Waals surface area contributed by atoms with Gasteiger partial charge in [0.2, 0.25) is 0 Å². The quantitative estimate of drug-likeness (QED) is 0.607. The van der Waals surface area contributed by atoms with E-state index in [0.29, 0.717) is 0 Å². The molecule has 0 saturated heterocycles. The highest BCUT2D eigenvalue weighted by atomic mass is 19.1. The first-order valence-electron chi connectivity index (χ1n) is 9.99. The van der Waals surface area contributed by atoms with Gasteiger partial charge in [-0.3, -0.25) is 4.79 Å². The number of aromatic carboxylic acids is 1. The Hall–Kier alpha value is -4.25. The molecule has 0 spiro atoms. The standard InChI is InChI=1S/C24H21FN4O3/c1-3-28(4-2)18-10-5-16(6-11-18)7-14-20-21(15-26)23(30)29(27-22(20)24(31)32)19-12-8-17(25)9-13-19/h5-14H,3-4H2,1-2H3,(H,31,32)/b14-7-. The van der Waals surface area contributed by atoms with E-state index in [4.69, 9.17) is 0 Å². The Morgan fingerprint density at radius 3 is 2.28 bits per heavy atom. The molecule has 7 nitrogen and oxygen atoms in total. The van der Waals surface area contributed by atoms with Crippen LogP contribution in [0.5, 0.6) is 0 Å². The highest BCUT2D eigenvalue weighted by Gasteiger charge is 2.21. The molecule has 0 aliphatic heterocycles. The molecule has 162 valence electrons. The maximum absolute atomic E-state index is 13.2. The number of benzene rings is 2. The van der Waals surface area contributed by atoms with Gasteiger partial charge in [-0.05, 0) is 55.8 Å². The molecular formula is C24H21FN4O3. The minimum Gasteiger partial charge on any atom is -0.476 e. The molecule has 0 radical (unpaired) electrons. The Morgan fingerprint density at radius 2 is 1.75 bits per heavy atom. The molecule has 0 atom stereocenters. The highest BCUT2D eigenvalue weighted by molar-refractivity contribution is 5.92. The van der Waals surface area contributed by atoms with Crippen LogP contribution in [0, 0.1) is 17.1 Å². The van der Waals surface area contributed by atoms with E-state index in [0.717, 1.165) is 41.2 Å². The SMILES string of the molecule is CCN(CC)c1ccc(/C=C\c2c(C(=O)O)nn(-c3ccc(F)cc3)c(=O)c2C#N)cc1. The lowest BCUT2D eigenvalue weighted by atomic mass is 10.1. The Bertz CT molecular complexity index is 1250. The summed E-state index contributed by atoms with van der Waals surface area (Å²) in [4.78, 5) is 26.9. The molecule has 2 aromatic carbocycles. The van der Waals surface area contributed by atoms with Crippen LogP contribution in [0.15, 0.2) is 53.3 Å². The molecule has 0 bridgehead atoms. The first-order chi connectivity index (χ1) is 15.4. The molecule has 1 N–H and O–H groups in total. The third-order valence-electron chi connectivity index (χ3n) is 4.98. The van der Waals surface area contributed by atoms with Crippen molar-refractivity contribution in [3.8, 4) is 11.8 Å². The first-order valence-corrected chi connectivity index (χ1v) is 9.99. The first kappa shape index (κ1) is 22.4. The number of halogens is 1. The lowest BCUT2D eigenvalue weighted by molar-refractivity contribution is 0.0688. The third-order valence-corrected chi connectivity index (χ3v) is 4.98. The van der Waals surface area contributed by atoms with E-state index in [-0.39, 0.29) is 16.8 Å². The topological polar surface area (TPSA) is 99.2 Å². The number of nitrogens with zero attached hydrogens (tertiary/aromatic N) is 4. The van der Waals surface area contributed by atoms with Crippen LogP contribution in [-0.2, 0) is 0 Å². The third kappa shape index (κ3) is 4.57. The number of carboxylic acids is 1. The zero-order chi connectivity index (χ0) is 23.3. The van der Waals surface area contributed by atoms with E-state index in [2.05, 4.69) is 23.8 Å². The summed E-state index contributed by atoms with van der Waals surface area (Å²) in [6.45, 7) is 5.87. The van der Waals surface area contributed by atoms with E-state index in [1.165, 1.54) is 18.2 Å². The predicted octanol–water partition coefficient (Wildman–Crippen LogP) is 3.96. The summed E-state index contributed by atoms with van der Waals surface area (Å²) in [5.41, 5.74) is 0.275. The maximum atomic E-state index is 13.2. The van der Waals surface area contributed by atoms with Crippen LogP contribution in [0.4, 0.5) is 10.1 Å². The van der Waals surface area contributed by atoms with Crippen molar-refractivity contribution in [3.63, 3.8) is 0 Å². The smallest absolute Gasteiger partial charge is 0.357 e. The second kappa shape index (κ2) is 9.71. The van der Waals surface area contributed by atoms with Crippen LogP contribution >= 0.6 is 0 Å². The highest BCUT2D eigenvalue weighted by Crippen LogP contribution is 2.19. The van der Waals surface area contributed by atoms with E-state index < -0.39 is 23.0 Å². The number of carboxylic acid groups (broad SMARTS) is 1. The second-order valence-electron chi connectivity index (χ2n) is 6.84. The molecule has 32 heavy (non-hydrogen) atoms. The van der Waals surface area contributed by atoms with Crippen molar-refractivity contribution < 1.29 is 14.3 Å². The van der Waals surface area contributed by atoms with Crippen molar-refractivity contribution in [2.45, 2.75) is 13.8 Å². The molecule has 8 heteroatoms. The lowest BCUT2D eigenvalue weighted by Crippen LogP contribution is -2.28. The summed E-state index contributed by atoms with van der Waals surface area (Å²) in [5, 5.41) is 23.2. The zero-order valence-corrected chi connectivity index (χ0v) is 17.6. The monoisotopic (exact) mass is 432 g/mol. The van der Waals surface area contributed by atoms with Crippen molar-refractivity contribution in [3.05, 3.63) is 87.1 Å². The van der Waals surface area contributed by atoms with Gasteiger partial charge in [-0.1, -0.05) is 24.3 Å². The molecule has 0 saturated carbocycles. The van der Waals surface area contributed by atoms with Gasteiger partial charge in [0.1, 0.15) is 17.4 Å². The van der Waals surface area contributed by atoms with E-state index >= 15 is 0 Å². The molecule has 0 fully saturated rings. The molecular weight excluding hydrogens is 411 g/mol. The second-order valence-corrected chi connectivity index (χ2v) is 6.84. The zero-order valence-electron chi connectivity index (χ0n) is 17.6. The Balaban J connectivity index is 2.07. The van der Waals surface area contributed by atoms with Gasteiger partial charge in [-0.25, -0.2) is 9.18 Å². The number of carbonyl (C=O) groups is 1.